The van der Waals surface area contributed by atoms with Gasteiger partial charge in [0.05, 0.1) is 5.25 Å². The van der Waals surface area contributed by atoms with E-state index in [9.17, 15) is 8.42 Å². The molecular weight excluding hydrogens is 272 g/mol. The van der Waals surface area contributed by atoms with Crippen molar-refractivity contribution in [3.8, 4) is 0 Å². The molecule has 0 spiro atoms. The lowest BCUT2D eigenvalue weighted by Crippen LogP contribution is -2.39. The van der Waals surface area contributed by atoms with E-state index >= 15 is 0 Å². The fourth-order valence-electron chi connectivity index (χ4n) is 1.89. The molecule has 114 valence electrons. The SMILES string of the molecule is CCCNCC(C)S(=O)(=O)NCCCc1ccccc1. The monoisotopic (exact) mass is 298 g/mol. The van der Waals surface area contributed by atoms with Gasteiger partial charge in [0, 0.05) is 13.1 Å². The zero-order valence-electron chi connectivity index (χ0n) is 12.4. The maximum atomic E-state index is 12.0. The molecule has 0 bridgehead atoms. The normalized spacial score (nSPS) is 13.3. The van der Waals surface area contributed by atoms with Gasteiger partial charge in [-0.3, -0.25) is 0 Å². The van der Waals surface area contributed by atoms with Crippen molar-refractivity contribution in [2.45, 2.75) is 38.4 Å². The summed E-state index contributed by atoms with van der Waals surface area (Å²) in [6.07, 6.45) is 2.72. The van der Waals surface area contributed by atoms with Crippen molar-refractivity contribution >= 4 is 10.0 Å². The molecule has 0 saturated heterocycles. The van der Waals surface area contributed by atoms with Crippen molar-refractivity contribution in [1.29, 1.82) is 0 Å². The van der Waals surface area contributed by atoms with Crippen molar-refractivity contribution in [2.24, 2.45) is 0 Å². The summed E-state index contributed by atoms with van der Waals surface area (Å²) in [6.45, 7) is 5.65. The summed E-state index contributed by atoms with van der Waals surface area (Å²) in [4.78, 5) is 0. The molecule has 0 aliphatic rings. The van der Waals surface area contributed by atoms with Crippen LogP contribution in [0.4, 0.5) is 0 Å². The Hall–Kier alpha value is -0.910. The molecule has 0 amide bonds. The lowest BCUT2D eigenvalue weighted by molar-refractivity contribution is 0.555. The first kappa shape index (κ1) is 17.1. The number of aryl methyl sites for hydroxylation is 1. The maximum absolute atomic E-state index is 12.0. The van der Waals surface area contributed by atoms with E-state index in [-0.39, 0.29) is 0 Å². The maximum Gasteiger partial charge on any atom is 0.215 e. The minimum atomic E-state index is -3.21. The number of hydrogen-bond acceptors (Lipinski definition) is 3. The molecule has 0 heterocycles. The van der Waals surface area contributed by atoms with Crippen molar-refractivity contribution in [2.75, 3.05) is 19.6 Å². The van der Waals surface area contributed by atoms with Crippen molar-refractivity contribution in [3.05, 3.63) is 35.9 Å². The van der Waals surface area contributed by atoms with Gasteiger partial charge in [0.15, 0.2) is 0 Å². The van der Waals surface area contributed by atoms with Gasteiger partial charge in [-0.15, -0.1) is 0 Å². The van der Waals surface area contributed by atoms with Crippen LogP contribution in [0.25, 0.3) is 0 Å². The molecule has 1 unspecified atom stereocenters. The third-order valence-electron chi connectivity index (χ3n) is 3.18. The predicted molar refractivity (Wildman–Crippen MR) is 84.3 cm³/mol. The van der Waals surface area contributed by atoms with E-state index in [0.717, 1.165) is 25.8 Å². The molecule has 0 aliphatic carbocycles. The molecule has 1 aromatic rings. The minimum Gasteiger partial charge on any atom is -0.315 e. The van der Waals surface area contributed by atoms with Crippen LogP contribution in [0.1, 0.15) is 32.3 Å². The Morgan fingerprint density at radius 1 is 1.15 bits per heavy atom. The van der Waals surface area contributed by atoms with Gasteiger partial charge >= 0.3 is 0 Å². The van der Waals surface area contributed by atoms with E-state index in [4.69, 9.17) is 0 Å². The minimum absolute atomic E-state index is 0.397. The molecule has 1 atom stereocenters. The number of benzene rings is 1. The Labute approximate surface area is 123 Å². The Bertz CT molecular complexity index is 460. The Morgan fingerprint density at radius 3 is 2.50 bits per heavy atom. The molecule has 1 aromatic carbocycles. The number of hydrogen-bond donors (Lipinski definition) is 2. The summed E-state index contributed by atoms with van der Waals surface area (Å²) in [6, 6.07) is 10.1. The fourth-order valence-corrected chi connectivity index (χ4v) is 2.94. The molecule has 5 heteroatoms. The second-order valence-corrected chi connectivity index (χ2v) is 7.23. The molecule has 4 nitrogen and oxygen atoms in total. The van der Waals surface area contributed by atoms with E-state index in [1.54, 1.807) is 6.92 Å². The quantitative estimate of drug-likeness (QED) is 0.649. The molecule has 0 aliphatic heterocycles. The summed E-state index contributed by atoms with van der Waals surface area (Å²) in [7, 11) is -3.21. The van der Waals surface area contributed by atoms with Crippen LogP contribution in [0.15, 0.2) is 30.3 Å². The third-order valence-corrected chi connectivity index (χ3v) is 5.01. The molecule has 1 rings (SSSR count). The highest BCUT2D eigenvalue weighted by molar-refractivity contribution is 7.90. The van der Waals surface area contributed by atoms with E-state index in [1.807, 2.05) is 18.2 Å². The zero-order valence-corrected chi connectivity index (χ0v) is 13.2. The zero-order chi connectivity index (χ0) is 14.8. The lowest BCUT2D eigenvalue weighted by Gasteiger charge is -2.14. The second-order valence-electron chi connectivity index (χ2n) is 5.04. The first-order chi connectivity index (χ1) is 9.56. The van der Waals surface area contributed by atoms with Crippen LogP contribution in [0.5, 0.6) is 0 Å². The summed E-state index contributed by atoms with van der Waals surface area (Å²) in [5.41, 5.74) is 1.24. The number of sulfonamides is 1. The summed E-state index contributed by atoms with van der Waals surface area (Å²) in [5, 5.41) is 2.74. The topological polar surface area (TPSA) is 58.2 Å². The third kappa shape index (κ3) is 6.50. The van der Waals surface area contributed by atoms with Crippen LogP contribution >= 0.6 is 0 Å². The van der Waals surface area contributed by atoms with Gasteiger partial charge in [-0.1, -0.05) is 37.3 Å². The van der Waals surface area contributed by atoms with Gasteiger partial charge in [0.25, 0.3) is 0 Å². The molecule has 20 heavy (non-hydrogen) atoms. The van der Waals surface area contributed by atoms with Gasteiger partial charge < -0.3 is 5.32 Å². The Morgan fingerprint density at radius 2 is 1.85 bits per heavy atom. The number of rotatable bonds is 10. The molecule has 2 N–H and O–H groups in total. The van der Waals surface area contributed by atoms with Gasteiger partial charge in [0.2, 0.25) is 10.0 Å². The van der Waals surface area contributed by atoms with Gasteiger partial charge in [-0.2, -0.15) is 0 Å². The van der Waals surface area contributed by atoms with Crippen molar-refractivity contribution in [3.63, 3.8) is 0 Å². The highest BCUT2D eigenvalue weighted by atomic mass is 32.2. The molecule has 0 aromatic heterocycles. The van der Waals surface area contributed by atoms with Crippen LogP contribution in [0.2, 0.25) is 0 Å². The molecule has 0 saturated carbocycles. The average Bonchev–Trinajstić information content (AvgIpc) is 2.45. The highest BCUT2D eigenvalue weighted by Gasteiger charge is 2.19. The standard InChI is InChI=1S/C15H26N2O2S/c1-3-11-16-13-14(2)20(18,19)17-12-7-10-15-8-5-4-6-9-15/h4-6,8-9,14,16-17H,3,7,10-13H2,1-2H3. The summed E-state index contributed by atoms with van der Waals surface area (Å²) < 4.78 is 26.7. The smallest absolute Gasteiger partial charge is 0.215 e. The predicted octanol–water partition coefficient (Wildman–Crippen LogP) is 1.93. The molecular formula is C15H26N2O2S. The van der Waals surface area contributed by atoms with Crippen LogP contribution in [0.3, 0.4) is 0 Å². The molecule has 0 fully saturated rings. The van der Waals surface area contributed by atoms with E-state index in [0.29, 0.717) is 13.1 Å². The van der Waals surface area contributed by atoms with Gasteiger partial charge in [-0.25, -0.2) is 13.1 Å². The van der Waals surface area contributed by atoms with E-state index in [2.05, 4.69) is 29.1 Å². The second kappa shape index (κ2) is 9.10. The van der Waals surface area contributed by atoms with Gasteiger partial charge in [-0.05, 0) is 38.3 Å². The van der Waals surface area contributed by atoms with Crippen LogP contribution in [-0.2, 0) is 16.4 Å². The van der Waals surface area contributed by atoms with Gasteiger partial charge in [0.1, 0.15) is 0 Å². The highest BCUT2D eigenvalue weighted by Crippen LogP contribution is 2.03. The molecule has 0 radical (unpaired) electrons. The number of nitrogens with one attached hydrogen (secondary N) is 2. The Kier molecular flexibility index (Phi) is 7.80. The summed E-state index contributed by atoms with van der Waals surface area (Å²) in [5.74, 6) is 0. The van der Waals surface area contributed by atoms with Crippen LogP contribution in [-0.4, -0.2) is 33.3 Å². The van der Waals surface area contributed by atoms with Crippen LogP contribution in [0, 0.1) is 0 Å². The lowest BCUT2D eigenvalue weighted by atomic mass is 10.1. The average molecular weight is 298 g/mol. The van der Waals surface area contributed by atoms with Crippen molar-refractivity contribution in [1.82, 2.24) is 10.0 Å². The first-order valence-electron chi connectivity index (χ1n) is 7.29. The van der Waals surface area contributed by atoms with Crippen LogP contribution < -0.4 is 10.0 Å². The van der Waals surface area contributed by atoms with E-state index < -0.39 is 15.3 Å². The fraction of sp³-hybridized carbons (Fsp3) is 0.600. The summed E-state index contributed by atoms with van der Waals surface area (Å²) >= 11 is 0. The van der Waals surface area contributed by atoms with E-state index in [1.165, 1.54) is 5.56 Å². The van der Waals surface area contributed by atoms with Crippen molar-refractivity contribution < 1.29 is 8.42 Å². The Balaban J connectivity index is 2.25. The first-order valence-corrected chi connectivity index (χ1v) is 8.84. The largest absolute Gasteiger partial charge is 0.315 e.